The van der Waals surface area contributed by atoms with E-state index in [9.17, 15) is 0 Å². The van der Waals surface area contributed by atoms with E-state index in [0.29, 0.717) is 0 Å². The summed E-state index contributed by atoms with van der Waals surface area (Å²) in [6.45, 7) is 1.06. The zero-order chi connectivity index (χ0) is 17.3. The lowest BCUT2D eigenvalue weighted by Gasteiger charge is -2.09. The second kappa shape index (κ2) is 9.14. The number of unbranched alkanes of at least 4 members (excludes halogenated alkanes) is 1. The van der Waals surface area contributed by atoms with Crippen molar-refractivity contribution in [1.82, 2.24) is 5.32 Å². The van der Waals surface area contributed by atoms with Gasteiger partial charge in [0.2, 0.25) is 0 Å². The largest absolute Gasteiger partial charge is 0.320 e. The molecule has 1 heterocycles. The zero-order valence-corrected chi connectivity index (χ0v) is 14.9. The molecule has 0 aliphatic carbocycles. The molecule has 0 radical (unpaired) electrons. The molecule has 2 heteroatoms. The first-order chi connectivity index (χ1) is 12.4. The molecule has 2 aromatic carbocycles. The van der Waals surface area contributed by atoms with Crippen LogP contribution in [0.5, 0.6) is 0 Å². The Morgan fingerprint density at radius 3 is 2.60 bits per heavy atom. The first-order valence-corrected chi connectivity index (χ1v) is 9.10. The summed E-state index contributed by atoms with van der Waals surface area (Å²) in [5.74, 6) is 0. The Balaban J connectivity index is 1.81. The molecule has 128 valence electrons. The quantitative estimate of drug-likeness (QED) is 0.708. The molecule has 0 bridgehead atoms. The van der Waals surface area contributed by atoms with Crippen LogP contribution in [0.15, 0.2) is 77.4 Å². The summed E-state index contributed by atoms with van der Waals surface area (Å²) in [6, 6.07) is 19.1. The van der Waals surface area contributed by atoms with Crippen LogP contribution < -0.4 is 5.32 Å². The van der Waals surface area contributed by atoms with Gasteiger partial charge in [-0.2, -0.15) is 0 Å². The molecular formula is C23H26N2. The molecule has 0 saturated heterocycles. The van der Waals surface area contributed by atoms with Crippen LogP contribution >= 0.6 is 0 Å². The molecule has 0 fully saturated rings. The first kappa shape index (κ1) is 17.4. The molecule has 0 unspecified atom stereocenters. The number of rotatable bonds is 7. The molecule has 2 aromatic rings. The van der Waals surface area contributed by atoms with Crippen molar-refractivity contribution in [3.8, 4) is 0 Å². The third-order valence-electron chi connectivity index (χ3n) is 4.46. The van der Waals surface area contributed by atoms with Crippen LogP contribution in [0.25, 0.3) is 6.08 Å². The molecular weight excluding hydrogens is 304 g/mol. The highest BCUT2D eigenvalue weighted by Crippen LogP contribution is 2.21. The molecule has 25 heavy (non-hydrogen) atoms. The van der Waals surface area contributed by atoms with Gasteiger partial charge >= 0.3 is 0 Å². The van der Waals surface area contributed by atoms with E-state index in [-0.39, 0.29) is 0 Å². The number of hydrogen-bond acceptors (Lipinski definition) is 2. The monoisotopic (exact) mass is 330 g/mol. The molecule has 0 spiro atoms. The highest BCUT2D eigenvalue weighted by molar-refractivity contribution is 6.03. The summed E-state index contributed by atoms with van der Waals surface area (Å²) < 4.78 is 0. The van der Waals surface area contributed by atoms with Gasteiger partial charge in [0, 0.05) is 5.71 Å². The van der Waals surface area contributed by atoms with E-state index < -0.39 is 0 Å². The number of nitrogens with zero attached hydrogens (tertiary/aromatic N) is 1. The maximum atomic E-state index is 5.00. The van der Waals surface area contributed by atoms with Gasteiger partial charge in [0.1, 0.15) is 0 Å². The summed E-state index contributed by atoms with van der Waals surface area (Å²) in [5, 5.41) is 3.22. The Morgan fingerprint density at radius 1 is 0.960 bits per heavy atom. The number of aliphatic imine (C=N–C) groups is 1. The highest BCUT2D eigenvalue weighted by atomic mass is 14.8. The second-order valence-electron chi connectivity index (χ2n) is 6.35. The van der Waals surface area contributed by atoms with Crippen molar-refractivity contribution in [1.29, 1.82) is 0 Å². The van der Waals surface area contributed by atoms with E-state index in [1.54, 1.807) is 0 Å². The van der Waals surface area contributed by atoms with Crippen molar-refractivity contribution >= 4 is 11.8 Å². The van der Waals surface area contributed by atoms with Crippen LogP contribution in [0.2, 0.25) is 0 Å². The Morgan fingerprint density at radius 2 is 1.76 bits per heavy atom. The minimum Gasteiger partial charge on any atom is -0.320 e. The number of benzene rings is 2. The van der Waals surface area contributed by atoms with Crippen molar-refractivity contribution in [3.63, 3.8) is 0 Å². The molecule has 0 atom stereocenters. The summed E-state index contributed by atoms with van der Waals surface area (Å²) in [7, 11) is 2.01. The van der Waals surface area contributed by atoms with Crippen molar-refractivity contribution in [2.75, 3.05) is 13.6 Å². The van der Waals surface area contributed by atoms with E-state index in [0.717, 1.165) is 31.5 Å². The fourth-order valence-electron chi connectivity index (χ4n) is 3.09. The first-order valence-electron chi connectivity index (χ1n) is 9.10. The Labute approximate surface area is 151 Å². The second-order valence-corrected chi connectivity index (χ2v) is 6.35. The van der Waals surface area contributed by atoms with Crippen LogP contribution in [0, 0.1) is 0 Å². The van der Waals surface area contributed by atoms with Crippen molar-refractivity contribution < 1.29 is 0 Å². The predicted molar refractivity (Wildman–Crippen MR) is 108 cm³/mol. The van der Waals surface area contributed by atoms with Gasteiger partial charge in [0.15, 0.2) is 0 Å². The minimum atomic E-state index is 0.939. The molecule has 3 rings (SSSR count). The van der Waals surface area contributed by atoms with Crippen molar-refractivity contribution in [2.45, 2.75) is 25.7 Å². The Kier molecular flexibility index (Phi) is 6.35. The third kappa shape index (κ3) is 5.01. The number of allylic oxidation sites excluding steroid dienone is 2. The summed E-state index contributed by atoms with van der Waals surface area (Å²) in [5.41, 5.74) is 6.16. The van der Waals surface area contributed by atoms with Crippen LogP contribution in [0.1, 0.15) is 36.0 Å². The maximum Gasteiger partial charge on any atom is 0.0596 e. The van der Waals surface area contributed by atoms with E-state index in [4.69, 9.17) is 4.99 Å². The average molecular weight is 330 g/mol. The van der Waals surface area contributed by atoms with Gasteiger partial charge in [-0.15, -0.1) is 0 Å². The van der Waals surface area contributed by atoms with Crippen LogP contribution in [-0.4, -0.2) is 19.3 Å². The van der Waals surface area contributed by atoms with E-state index in [1.807, 2.05) is 13.1 Å². The van der Waals surface area contributed by atoms with E-state index >= 15 is 0 Å². The van der Waals surface area contributed by atoms with Gasteiger partial charge in [0.25, 0.3) is 0 Å². The van der Waals surface area contributed by atoms with Crippen molar-refractivity contribution in [3.05, 3.63) is 89.1 Å². The van der Waals surface area contributed by atoms with Crippen LogP contribution in [0.4, 0.5) is 0 Å². The number of nitrogens with one attached hydrogen (secondary N) is 1. The highest BCUT2D eigenvalue weighted by Gasteiger charge is 2.12. The summed E-state index contributed by atoms with van der Waals surface area (Å²) in [6.07, 6.45) is 10.8. The molecule has 1 aliphatic heterocycles. The van der Waals surface area contributed by atoms with Gasteiger partial charge in [-0.3, -0.25) is 4.99 Å². The van der Waals surface area contributed by atoms with Gasteiger partial charge in [0.05, 0.1) is 5.70 Å². The summed E-state index contributed by atoms with van der Waals surface area (Å²) in [4.78, 5) is 5.00. The fraction of sp³-hybridized carbons (Fsp3) is 0.261. The van der Waals surface area contributed by atoms with Gasteiger partial charge in [-0.1, -0.05) is 66.7 Å². The normalized spacial score (nSPS) is 14.0. The van der Waals surface area contributed by atoms with Crippen LogP contribution in [0.3, 0.4) is 0 Å². The Bertz CT molecular complexity index is 770. The number of hydrogen-bond donors (Lipinski definition) is 1. The SMILES string of the molecule is CNCCCCC1=NC(/C=C/c2ccccc2)=CCc2ccccc21. The fourth-order valence-corrected chi connectivity index (χ4v) is 3.09. The number of fused-ring (bicyclic) bond motifs is 1. The smallest absolute Gasteiger partial charge is 0.0596 e. The summed E-state index contributed by atoms with van der Waals surface area (Å²) >= 11 is 0. The van der Waals surface area contributed by atoms with Gasteiger partial charge in [-0.25, -0.2) is 0 Å². The molecule has 2 nitrogen and oxygen atoms in total. The maximum absolute atomic E-state index is 5.00. The average Bonchev–Trinajstić information content (AvgIpc) is 2.84. The molecule has 1 N–H and O–H groups in total. The lowest BCUT2D eigenvalue weighted by molar-refractivity contribution is 0.693. The predicted octanol–water partition coefficient (Wildman–Crippen LogP) is 5.02. The molecule has 0 saturated carbocycles. The van der Waals surface area contributed by atoms with Crippen molar-refractivity contribution in [2.24, 2.45) is 4.99 Å². The van der Waals surface area contributed by atoms with E-state index in [2.05, 4.69) is 72.1 Å². The third-order valence-corrected chi connectivity index (χ3v) is 4.46. The molecule has 0 aromatic heterocycles. The molecule has 1 aliphatic rings. The standard InChI is InChI=1S/C23H26N2/c1-24-18-8-7-13-23-22-12-6-5-11-20(22)15-17-21(25-23)16-14-19-9-3-2-4-10-19/h2-6,9-12,14,16-17,24H,7-8,13,15,18H2,1H3/b16-14+. The molecule has 0 amide bonds. The Hall–Kier alpha value is -2.45. The topological polar surface area (TPSA) is 24.4 Å². The zero-order valence-electron chi connectivity index (χ0n) is 14.9. The minimum absolute atomic E-state index is 0.939. The van der Waals surface area contributed by atoms with Gasteiger partial charge in [-0.05, 0) is 62.0 Å². The van der Waals surface area contributed by atoms with Gasteiger partial charge < -0.3 is 5.32 Å². The lowest BCUT2D eigenvalue weighted by Crippen LogP contribution is -2.09. The van der Waals surface area contributed by atoms with Crippen LogP contribution in [-0.2, 0) is 6.42 Å². The van der Waals surface area contributed by atoms with E-state index in [1.165, 1.54) is 28.8 Å². The lowest BCUT2D eigenvalue weighted by atomic mass is 9.98.